The van der Waals surface area contributed by atoms with Gasteiger partial charge in [-0.25, -0.2) is 14.2 Å². The van der Waals surface area contributed by atoms with E-state index in [0.717, 1.165) is 34.7 Å². The van der Waals surface area contributed by atoms with Crippen LogP contribution in [0.2, 0.25) is 0 Å². The van der Waals surface area contributed by atoms with Crippen molar-refractivity contribution in [2.75, 3.05) is 26.0 Å². The van der Waals surface area contributed by atoms with Gasteiger partial charge in [-0.1, -0.05) is 17.4 Å². The minimum absolute atomic E-state index is 0.343. The first kappa shape index (κ1) is 16.4. The van der Waals surface area contributed by atoms with Crippen LogP contribution in [0.4, 0.5) is 14.5 Å². The molecule has 0 amide bonds. The Hall–Kier alpha value is -2.03. The van der Waals surface area contributed by atoms with E-state index >= 15 is 0 Å². The molecule has 0 unspecified atom stereocenters. The van der Waals surface area contributed by atoms with Crippen molar-refractivity contribution in [2.24, 2.45) is 0 Å². The largest absolute Gasteiger partial charge is 0.465 e. The van der Waals surface area contributed by atoms with Gasteiger partial charge in [-0.15, -0.1) is 11.3 Å². The molecule has 0 atom stereocenters. The van der Waals surface area contributed by atoms with Gasteiger partial charge in [0, 0.05) is 18.0 Å². The van der Waals surface area contributed by atoms with E-state index in [-0.39, 0.29) is 11.8 Å². The number of likely N-dealkylation sites (N-methyl/N-ethyl adjacent to an activating group) is 1. The number of fused-ring (bicyclic) bond motifs is 2. The van der Waals surface area contributed by atoms with Gasteiger partial charge in [0.2, 0.25) is 0 Å². The number of halogens is 1. The number of anilines is 2. The molecule has 0 saturated heterocycles. The summed E-state index contributed by atoms with van der Waals surface area (Å²) in [4.78, 5) is 20.0. The van der Waals surface area contributed by atoms with Crippen molar-refractivity contribution in [3.8, 4) is 0 Å². The Morgan fingerprint density at radius 2 is 2.24 bits per heavy atom. The lowest BCUT2D eigenvalue weighted by Gasteiger charge is -2.22. The number of nitrogens with one attached hydrogen (secondary N) is 1. The molecule has 0 radical (unpaired) electrons. The summed E-state index contributed by atoms with van der Waals surface area (Å²) < 4.78 is 19.6. The van der Waals surface area contributed by atoms with Gasteiger partial charge in [0.25, 0.3) is 0 Å². The summed E-state index contributed by atoms with van der Waals surface area (Å²) in [6.45, 7) is 1.71. The Morgan fingerprint density at radius 3 is 3.00 bits per heavy atom. The molecule has 1 N–H and O–H groups in total. The van der Waals surface area contributed by atoms with Crippen LogP contribution in [-0.4, -0.2) is 36.6 Å². The topological polar surface area (TPSA) is 54.5 Å². The highest BCUT2D eigenvalue weighted by atomic mass is 32.1. The monoisotopic (exact) mass is 377 g/mol. The fourth-order valence-electron chi connectivity index (χ4n) is 3.00. The minimum atomic E-state index is -0.350. The number of thiophene rings is 1. The molecule has 4 rings (SSSR count). The van der Waals surface area contributed by atoms with Crippen LogP contribution in [0.1, 0.15) is 20.8 Å². The Bertz CT molecular complexity index is 966. The number of nitrogens with zero attached hydrogens (tertiary/aromatic N) is 2. The van der Waals surface area contributed by atoms with Gasteiger partial charge in [-0.3, -0.25) is 0 Å². The molecule has 0 aliphatic carbocycles. The fraction of sp³-hybridized carbons (Fsp3) is 0.294. The second-order valence-electron chi connectivity index (χ2n) is 5.92. The van der Waals surface area contributed by atoms with Crippen molar-refractivity contribution in [1.82, 2.24) is 9.88 Å². The van der Waals surface area contributed by atoms with Crippen LogP contribution in [0.15, 0.2) is 18.2 Å². The van der Waals surface area contributed by atoms with Gasteiger partial charge < -0.3 is 15.0 Å². The normalized spacial score (nSPS) is 14.5. The molecule has 1 aromatic carbocycles. The van der Waals surface area contributed by atoms with Gasteiger partial charge >= 0.3 is 5.97 Å². The third-order valence-electron chi connectivity index (χ3n) is 4.23. The molecular weight excluding hydrogens is 361 g/mol. The Balaban J connectivity index is 1.76. The third kappa shape index (κ3) is 2.90. The van der Waals surface area contributed by atoms with E-state index in [9.17, 15) is 9.18 Å². The van der Waals surface area contributed by atoms with E-state index in [2.05, 4.69) is 22.2 Å². The lowest BCUT2D eigenvalue weighted by Crippen LogP contribution is -2.26. The number of rotatable bonds is 3. The second-order valence-corrected chi connectivity index (χ2v) is 8.05. The zero-order valence-electron chi connectivity index (χ0n) is 13.8. The summed E-state index contributed by atoms with van der Waals surface area (Å²) in [6, 6.07) is 4.89. The molecule has 0 spiro atoms. The summed E-state index contributed by atoms with van der Waals surface area (Å²) >= 11 is 2.90. The lowest BCUT2D eigenvalue weighted by atomic mass is 10.0. The van der Waals surface area contributed by atoms with Crippen molar-refractivity contribution in [3.63, 3.8) is 0 Å². The van der Waals surface area contributed by atoms with Crippen molar-refractivity contribution in [3.05, 3.63) is 40.0 Å². The lowest BCUT2D eigenvalue weighted by molar-refractivity contribution is 0.0600. The molecule has 2 aromatic heterocycles. The number of esters is 1. The average Bonchev–Trinajstić information content (AvgIpc) is 3.15. The predicted molar refractivity (Wildman–Crippen MR) is 98.6 cm³/mol. The molecule has 25 heavy (non-hydrogen) atoms. The summed E-state index contributed by atoms with van der Waals surface area (Å²) in [7, 11) is 3.45. The van der Waals surface area contributed by atoms with Crippen molar-refractivity contribution >= 4 is 49.0 Å². The van der Waals surface area contributed by atoms with E-state index in [1.807, 2.05) is 6.07 Å². The number of para-hydroxylation sites is 1. The molecule has 3 aromatic rings. The van der Waals surface area contributed by atoms with E-state index in [0.29, 0.717) is 21.2 Å². The van der Waals surface area contributed by atoms with Crippen molar-refractivity contribution in [1.29, 1.82) is 0 Å². The summed E-state index contributed by atoms with van der Waals surface area (Å²) in [5.74, 6) is -0.695. The first-order chi connectivity index (χ1) is 12.1. The highest BCUT2D eigenvalue weighted by Crippen LogP contribution is 2.40. The van der Waals surface area contributed by atoms with Crippen LogP contribution in [0.5, 0.6) is 0 Å². The maximum Gasteiger partial charge on any atom is 0.341 e. The number of methoxy groups -OCH3 is 1. The quantitative estimate of drug-likeness (QED) is 0.699. The highest BCUT2D eigenvalue weighted by Gasteiger charge is 2.28. The number of ether oxygens (including phenoxy) is 1. The van der Waals surface area contributed by atoms with Gasteiger partial charge in [-0.2, -0.15) is 0 Å². The van der Waals surface area contributed by atoms with Crippen LogP contribution in [0.3, 0.4) is 0 Å². The zero-order chi connectivity index (χ0) is 17.6. The molecule has 130 valence electrons. The Kier molecular flexibility index (Phi) is 4.18. The summed E-state index contributed by atoms with van der Waals surface area (Å²) in [6.07, 6.45) is 0.808. The molecule has 0 bridgehead atoms. The van der Waals surface area contributed by atoms with Gasteiger partial charge in [0.05, 0.1) is 17.4 Å². The first-order valence-corrected chi connectivity index (χ1v) is 9.43. The zero-order valence-corrected chi connectivity index (χ0v) is 15.4. The Morgan fingerprint density at radius 1 is 1.40 bits per heavy atom. The first-order valence-electron chi connectivity index (χ1n) is 7.80. The van der Waals surface area contributed by atoms with Gasteiger partial charge in [0.15, 0.2) is 5.13 Å². The standard InChI is InChI=1S/C17H16FN3O2S2/c1-21-7-6-9-12(8-21)24-15(13(9)16(22)23-2)20-17-19-14-10(18)4-3-5-11(14)25-17/h3-5H,6-8H2,1-2H3,(H,19,20). The third-order valence-corrected chi connectivity index (χ3v) is 6.30. The smallest absolute Gasteiger partial charge is 0.341 e. The fourth-order valence-corrected chi connectivity index (χ4v) is 5.27. The van der Waals surface area contributed by atoms with Crippen LogP contribution in [0.25, 0.3) is 10.2 Å². The van der Waals surface area contributed by atoms with Crippen LogP contribution in [-0.2, 0) is 17.7 Å². The number of carbonyl (C=O) groups excluding carboxylic acids is 1. The number of carbonyl (C=O) groups is 1. The second kappa shape index (κ2) is 6.36. The van der Waals surface area contributed by atoms with Crippen molar-refractivity contribution in [2.45, 2.75) is 13.0 Å². The summed E-state index contributed by atoms with van der Waals surface area (Å²) in [5, 5.41) is 4.50. The van der Waals surface area contributed by atoms with Crippen LogP contribution < -0.4 is 5.32 Å². The number of benzene rings is 1. The molecule has 8 heteroatoms. The average molecular weight is 377 g/mol. The SMILES string of the molecule is COC(=O)c1c(Nc2nc3c(F)cccc3s2)sc2c1CCN(C)C2. The molecule has 1 aliphatic heterocycles. The van der Waals surface area contributed by atoms with Gasteiger partial charge in [-0.05, 0) is 31.2 Å². The molecule has 0 fully saturated rings. The van der Waals surface area contributed by atoms with Crippen LogP contribution in [0, 0.1) is 5.82 Å². The van der Waals surface area contributed by atoms with E-state index in [4.69, 9.17) is 4.74 Å². The molecule has 0 saturated carbocycles. The predicted octanol–water partition coefficient (Wildman–Crippen LogP) is 4.02. The Labute approximate surface area is 152 Å². The van der Waals surface area contributed by atoms with E-state index in [1.165, 1.54) is 35.8 Å². The molecule has 5 nitrogen and oxygen atoms in total. The highest BCUT2D eigenvalue weighted by molar-refractivity contribution is 7.23. The molecule has 3 heterocycles. The molecule has 1 aliphatic rings. The number of hydrogen-bond acceptors (Lipinski definition) is 7. The summed E-state index contributed by atoms with van der Waals surface area (Å²) in [5.41, 5.74) is 1.97. The number of thiazole rings is 1. The maximum atomic E-state index is 13.9. The van der Waals surface area contributed by atoms with Crippen molar-refractivity contribution < 1.29 is 13.9 Å². The van der Waals surface area contributed by atoms with E-state index in [1.54, 1.807) is 6.07 Å². The molecular formula is C17H16FN3O2S2. The maximum absolute atomic E-state index is 13.9. The van der Waals surface area contributed by atoms with E-state index < -0.39 is 0 Å². The minimum Gasteiger partial charge on any atom is -0.465 e. The number of aromatic nitrogens is 1. The number of hydrogen-bond donors (Lipinski definition) is 1. The van der Waals surface area contributed by atoms with Gasteiger partial charge in [0.1, 0.15) is 16.3 Å². The van der Waals surface area contributed by atoms with Crippen LogP contribution >= 0.6 is 22.7 Å².